The van der Waals surface area contributed by atoms with Crippen LogP contribution in [0.4, 0.5) is 13.2 Å². The van der Waals surface area contributed by atoms with Crippen LogP contribution in [0, 0.1) is 5.92 Å². The summed E-state index contributed by atoms with van der Waals surface area (Å²) >= 11 is 0. The van der Waals surface area contributed by atoms with Gasteiger partial charge in [-0.05, 0) is 50.1 Å². The van der Waals surface area contributed by atoms with Crippen LogP contribution in [0.1, 0.15) is 20.3 Å². The number of nitrogens with zero attached hydrogens (tertiary/aromatic N) is 3. The Hall–Kier alpha value is -1.43. The monoisotopic (exact) mass is 558 g/mol. The van der Waals surface area contributed by atoms with Crippen molar-refractivity contribution >= 4 is 29.9 Å². The molecule has 1 aliphatic heterocycles. The smallest absolute Gasteiger partial charge is 0.401 e. The second-order valence-electron chi connectivity index (χ2n) is 7.58. The fourth-order valence-corrected chi connectivity index (χ4v) is 3.59. The van der Waals surface area contributed by atoms with Crippen LogP contribution >= 0.6 is 24.0 Å². The number of ether oxygens (including phenoxy) is 2. The Balaban J connectivity index is 0.00000480. The SMILES string of the molecule is CCN(CC1CCN(C(=NC)NCC(C)Oc2ccc(OC)cc2)C1)CC(F)(F)F.I. The molecular weight excluding hydrogens is 524 g/mol. The van der Waals surface area contributed by atoms with E-state index in [1.54, 1.807) is 21.1 Å². The molecule has 6 nitrogen and oxygen atoms in total. The molecule has 1 aromatic rings. The zero-order chi connectivity index (χ0) is 22.1. The van der Waals surface area contributed by atoms with Crippen LogP contribution in [-0.4, -0.2) is 81.5 Å². The van der Waals surface area contributed by atoms with Crippen molar-refractivity contribution in [2.45, 2.75) is 32.5 Å². The maximum absolute atomic E-state index is 12.7. The normalized spacial score (nSPS) is 18.0. The molecule has 0 radical (unpaired) electrons. The molecule has 1 aromatic carbocycles. The third-order valence-corrected chi connectivity index (χ3v) is 5.11. The minimum atomic E-state index is -4.16. The van der Waals surface area contributed by atoms with Crippen LogP contribution < -0.4 is 14.8 Å². The van der Waals surface area contributed by atoms with Gasteiger partial charge in [0.25, 0.3) is 0 Å². The average molecular weight is 558 g/mol. The summed E-state index contributed by atoms with van der Waals surface area (Å²) in [7, 11) is 3.33. The molecule has 1 heterocycles. The van der Waals surface area contributed by atoms with E-state index in [4.69, 9.17) is 9.47 Å². The lowest BCUT2D eigenvalue weighted by Crippen LogP contribution is -2.44. The minimum Gasteiger partial charge on any atom is -0.497 e. The van der Waals surface area contributed by atoms with E-state index in [0.717, 1.165) is 30.4 Å². The van der Waals surface area contributed by atoms with Gasteiger partial charge in [-0.3, -0.25) is 9.89 Å². The summed E-state index contributed by atoms with van der Waals surface area (Å²) in [4.78, 5) is 7.90. The number of likely N-dealkylation sites (tertiary alicyclic amines) is 1. The molecule has 2 atom stereocenters. The largest absolute Gasteiger partial charge is 0.497 e. The van der Waals surface area contributed by atoms with Gasteiger partial charge in [-0.1, -0.05) is 6.92 Å². The van der Waals surface area contributed by atoms with Crippen molar-refractivity contribution in [1.82, 2.24) is 15.1 Å². The Morgan fingerprint density at radius 1 is 1.29 bits per heavy atom. The number of aliphatic imine (C=N–C) groups is 1. The first kappa shape index (κ1) is 27.6. The Labute approximate surface area is 200 Å². The average Bonchev–Trinajstić information content (AvgIpc) is 3.15. The van der Waals surface area contributed by atoms with Crippen LogP contribution in [0.2, 0.25) is 0 Å². The van der Waals surface area contributed by atoms with Gasteiger partial charge in [0, 0.05) is 26.7 Å². The van der Waals surface area contributed by atoms with Gasteiger partial charge in [0.15, 0.2) is 5.96 Å². The van der Waals surface area contributed by atoms with Gasteiger partial charge < -0.3 is 19.7 Å². The highest BCUT2D eigenvalue weighted by Crippen LogP contribution is 2.22. The van der Waals surface area contributed by atoms with Crippen molar-refractivity contribution in [3.05, 3.63) is 24.3 Å². The van der Waals surface area contributed by atoms with E-state index < -0.39 is 12.7 Å². The van der Waals surface area contributed by atoms with Gasteiger partial charge in [0.05, 0.1) is 20.2 Å². The van der Waals surface area contributed by atoms with Crippen LogP contribution in [0.3, 0.4) is 0 Å². The first-order valence-electron chi connectivity index (χ1n) is 10.3. The fourth-order valence-electron chi connectivity index (χ4n) is 3.59. The number of hydrogen-bond donors (Lipinski definition) is 1. The minimum absolute atomic E-state index is 0. The predicted octanol–water partition coefficient (Wildman–Crippen LogP) is 3.86. The lowest BCUT2D eigenvalue weighted by Gasteiger charge is -2.26. The van der Waals surface area contributed by atoms with Crippen LogP contribution in [0.5, 0.6) is 11.5 Å². The summed E-state index contributed by atoms with van der Waals surface area (Å²) < 4.78 is 49.1. The molecule has 1 N–H and O–H groups in total. The quantitative estimate of drug-likeness (QED) is 0.284. The van der Waals surface area contributed by atoms with E-state index in [1.165, 1.54) is 4.90 Å². The fraction of sp³-hybridized carbons (Fsp3) is 0.667. The van der Waals surface area contributed by atoms with E-state index in [2.05, 4.69) is 15.2 Å². The van der Waals surface area contributed by atoms with Crippen molar-refractivity contribution in [3.8, 4) is 11.5 Å². The summed E-state index contributed by atoms with van der Waals surface area (Å²) in [6.45, 7) is 5.76. The maximum atomic E-state index is 12.7. The predicted molar refractivity (Wildman–Crippen MR) is 128 cm³/mol. The summed E-state index contributed by atoms with van der Waals surface area (Å²) in [5, 5.41) is 3.31. The first-order valence-corrected chi connectivity index (χ1v) is 10.3. The molecule has 1 aliphatic rings. The van der Waals surface area contributed by atoms with Gasteiger partial charge in [0.1, 0.15) is 17.6 Å². The molecule has 0 aromatic heterocycles. The summed E-state index contributed by atoms with van der Waals surface area (Å²) in [5.74, 6) is 2.47. The molecule has 1 saturated heterocycles. The second-order valence-corrected chi connectivity index (χ2v) is 7.58. The van der Waals surface area contributed by atoms with E-state index in [9.17, 15) is 13.2 Å². The lowest BCUT2D eigenvalue weighted by atomic mass is 10.1. The maximum Gasteiger partial charge on any atom is 0.401 e. The number of nitrogens with one attached hydrogen (secondary N) is 1. The van der Waals surface area contributed by atoms with Crippen molar-refractivity contribution in [2.75, 3.05) is 53.4 Å². The number of guanidine groups is 1. The molecule has 0 saturated carbocycles. The first-order chi connectivity index (χ1) is 14.2. The van der Waals surface area contributed by atoms with Crippen LogP contribution in [-0.2, 0) is 0 Å². The van der Waals surface area contributed by atoms with Gasteiger partial charge in [0.2, 0.25) is 0 Å². The number of methoxy groups -OCH3 is 1. The Kier molecular flexibility index (Phi) is 11.7. The lowest BCUT2D eigenvalue weighted by molar-refractivity contribution is -0.146. The van der Waals surface area contributed by atoms with E-state index >= 15 is 0 Å². The van der Waals surface area contributed by atoms with Gasteiger partial charge in [-0.25, -0.2) is 0 Å². The van der Waals surface area contributed by atoms with Crippen molar-refractivity contribution in [1.29, 1.82) is 0 Å². The summed E-state index contributed by atoms with van der Waals surface area (Å²) in [6, 6.07) is 7.40. The van der Waals surface area contributed by atoms with Gasteiger partial charge >= 0.3 is 6.18 Å². The number of hydrogen-bond acceptors (Lipinski definition) is 4. The molecule has 0 bridgehead atoms. The summed E-state index contributed by atoms with van der Waals surface area (Å²) in [5.41, 5.74) is 0. The molecule has 0 amide bonds. The van der Waals surface area contributed by atoms with Crippen molar-refractivity contribution in [2.24, 2.45) is 10.9 Å². The standard InChI is InChI=1S/C21H33F3N4O2.HI/c1-5-27(15-21(22,23)24)13-17-10-11-28(14-17)20(25-3)26-12-16(2)30-19-8-6-18(29-4)7-9-19;/h6-9,16-17H,5,10-15H2,1-4H3,(H,25,26);1H. The number of benzene rings is 1. The zero-order valence-electron chi connectivity index (χ0n) is 18.6. The van der Waals surface area contributed by atoms with Gasteiger partial charge in [-0.15, -0.1) is 24.0 Å². The van der Waals surface area contributed by atoms with Crippen molar-refractivity contribution < 1.29 is 22.6 Å². The molecule has 2 unspecified atom stereocenters. The highest BCUT2D eigenvalue weighted by molar-refractivity contribution is 14.0. The Morgan fingerprint density at radius 3 is 2.48 bits per heavy atom. The number of halogens is 4. The highest BCUT2D eigenvalue weighted by atomic mass is 127. The molecule has 2 rings (SSSR count). The Bertz CT molecular complexity index is 674. The second kappa shape index (κ2) is 13.2. The summed E-state index contributed by atoms with van der Waals surface area (Å²) in [6.07, 6.45) is -3.39. The van der Waals surface area contributed by atoms with Gasteiger partial charge in [-0.2, -0.15) is 13.2 Å². The van der Waals surface area contributed by atoms with Crippen molar-refractivity contribution in [3.63, 3.8) is 0 Å². The molecule has 31 heavy (non-hydrogen) atoms. The third-order valence-electron chi connectivity index (χ3n) is 5.11. The molecular formula is C21H34F3IN4O2. The zero-order valence-corrected chi connectivity index (χ0v) is 20.9. The van der Waals surface area contributed by atoms with E-state index in [-0.39, 0.29) is 36.0 Å². The molecule has 0 spiro atoms. The number of rotatable bonds is 9. The topological polar surface area (TPSA) is 49.3 Å². The Morgan fingerprint density at radius 2 is 1.94 bits per heavy atom. The van der Waals surface area contributed by atoms with Crippen LogP contribution in [0.25, 0.3) is 0 Å². The molecule has 0 aliphatic carbocycles. The van der Waals surface area contributed by atoms with E-state index in [0.29, 0.717) is 26.2 Å². The van der Waals surface area contributed by atoms with Crippen LogP contribution in [0.15, 0.2) is 29.3 Å². The molecule has 178 valence electrons. The number of alkyl halides is 3. The van der Waals surface area contributed by atoms with E-state index in [1.807, 2.05) is 31.2 Å². The molecule has 10 heteroatoms. The third kappa shape index (κ3) is 9.71. The highest BCUT2D eigenvalue weighted by Gasteiger charge is 2.33. The molecule has 1 fully saturated rings.